The second-order valence-corrected chi connectivity index (χ2v) is 5.50. The van der Waals surface area contributed by atoms with Crippen molar-refractivity contribution in [1.29, 1.82) is 0 Å². The van der Waals surface area contributed by atoms with E-state index in [1.165, 1.54) is 4.88 Å². The number of hydrogen-bond donors (Lipinski definition) is 2. The summed E-state index contributed by atoms with van der Waals surface area (Å²) in [5, 5.41) is 2.07. The van der Waals surface area contributed by atoms with Gasteiger partial charge in [0.2, 0.25) is 5.91 Å². The third-order valence-corrected chi connectivity index (χ3v) is 3.65. The Kier molecular flexibility index (Phi) is 5.61. The summed E-state index contributed by atoms with van der Waals surface area (Å²) < 4.78 is 0. The van der Waals surface area contributed by atoms with Gasteiger partial charge in [-0.15, -0.1) is 11.3 Å². The highest BCUT2D eigenvalue weighted by molar-refractivity contribution is 7.09. The standard InChI is InChI=1S/C12H21N3OS/c1-9(2)15(8-11-5-4-6-17-11)10(3)7-12(16)14-13/h4-6,9-10H,7-8,13H2,1-3H3,(H,14,16). The molecule has 1 aromatic heterocycles. The monoisotopic (exact) mass is 255 g/mol. The molecule has 1 amide bonds. The molecule has 3 N–H and O–H groups in total. The molecule has 0 aliphatic heterocycles. The Morgan fingerprint density at radius 1 is 1.53 bits per heavy atom. The molecule has 1 aromatic rings. The normalized spacial score (nSPS) is 13.1. The number of carbonyl (C=O) groups excluding carboxylic acids is 1. The van der Waals surface area contributed by atoms with Gasteiger partial charge in [0.05, 0.1) is 0 Å². The molecule has 1 rings (SSSR count). The van der Waals surface area contributed by atoms with Gasteiger partial charge in [0.25, 0.3) is 0 Å². The molecule has 0 aliphatic rings. The van der Waals surface area contributed by atoms with Crippen molar-refractivity contribution < 1.29 is 4.79 Å². The number of nitrogens with zero attached hydrogens (tertiary/aromatic N) is 1. The Balaban J connectivity index is 2.62. The Morgan fingerprint density at radius 2 is 2.24 bits per heavy atom. The summed E-state index contributed by atoms with van der Waals surface area (Å²) in [6.07, 6.45) is 0.431. The van der Waals surface area contributed by atoms with E-state index >= 15 is 0 Å². The summed E-state index contributed by atoms with van der Waals surface area (Å²) in [5.41, 5.74) is 2.19. The highest BCUT2D eigenvalue weighted by Crippen LogP contribution is 2.17. The van der Waals surface area contributed by atoms with E-state index in [0.717, 1.165) is 6.54 Å². The number of hydrazine groups is 1. The van der Waals surface area contributed by atoms with Crippen molar-refractivity contribution in [2.75, 3.05) is 0 Å². The van der Waals surface area contributed by atoms with E-state index < -0.39 is 0 Å². The maximum atomic E-state index is 11.3. The zero-order valence-corrected chi connectivity index (χ0v) is 11.5. The fraction of sp³-hybridized carbons (Fsp3) is 0.583. The summed E-state index contributed by atoms with van der Waals surface area (Å²) >= 11 is 1.74. The number of amides is 1. The van der Waals surface area contributed by atoms with Gasteiger partial charge in [0.15, 0.2) is 0 Å². The molecule has 5 heteroatoms. The molecule has 0 saturated carbocycles. The molecule has 0 aromatic carbocycles. The maximum Gasteiger partial charge on any atom is 0.235 e. The first-order chi connectivity index (χ1) is 8.04. The number of hydrogen-bond acceptors (Lipinski definition) is 4. The minimum absolute atomic E-state index is 0.116. The molecule has 0 fully saturated rings. The molecular formula is C12H21N3OS. The van der Waals surface area contributed by atoms with Crippen LogP contribution in [0.25, 0.3) is 0 Å². The molecule has 0 bridgehead atoms. The van der Waals surface area contributed by atoms with Crippen LogP contribution < -0.4 is 11.3 Å². The lowest BCUT2D eigenvalue weighted by atomic mass is 10.1. The molecule has 4 nitrogen and oxygen atoms in total. The van der Waals surface area contributed by atoms with Gasteiger partial charge in [-0.2, -0.15) is 0 Å². The van der Waals surface area contributed by atoms with Crippen molar-refractivity contribution in [2.45, 2.75) is 45.8 Å². The van der Waals surface area contributed by atoms with Gasteiger partial charge in [-0.3, -0.25) is 15.1 Å². The van der Waals surface area contributed by atoms with Crippen LogP contribution in [0.2, 0.25) is 0 Å². The molecule has 1 atom stereocenters. The lowest BCUT2D eigenvalue weighted by Gasteiger charge is -2.31. The third-order valence-electron chi connectivity index (χ3n) is 2.79. The molecule has 0 aliphatic carbocycles. The Hall–Kier alpha value is -0.910. The number of rotatable bonds is 6. The Labute approximate surface area is 107 Å². The van der Waals surface area contributed by atoms with E-state index in [-0.39, 0.29) is 11.9 Å². The minimum Gasteiger partial charge on any atom is -0.294 e. The lowest BCUT2D eigenvalue weighted by Crippen LogP contribution is -2.42. The molecule has 1 heterocycles. The second-order valence-electron chi connectivity index (χ2n) is 4.47. The van der Waals surface area contributed by atoms with E-state index in [0.29, 0.717) is 12.5 Å². The molecule has 17 heavy (non-hydrogen) atoms. The van der Waals surface area contributed by atoms with E-state index in [2.05, 4.69) is 48.6 Å². The van der Waals surface area contributed by atoms with E-state index in [4.69, 9.17) is 5.84 Å². The summed E-state index contributed by atoms with van der Waals surface area (Å²) in [5.74, 6) is 5.00. The SMILES string of the molecule is CC(C)N(Cc1cccs1)C(C)CC(=O)NN. The minimum atomic E-state index is -0.116. The van der Waals surface area contributed by atoms with Gasteiger partial charge in [0, 0.05) is 29.9 Å². The predicted molar refractivity (Wildman–Crippen MR) is 71.4 cm³/mol. The van der Waals surface area contributed by atoms with Crippen LogP contribution in [0.5, 0.6) is 0 Å². The van der Waals surface area contributed by atoms with Crippen LogP contribution >= 0.6 is 11.3 Å². The third kappa shape index (κ3) is 4.46. The molecule has 1 unspecified atom stereocenters. The van der Waals surface area contributed by atoms with Crippen molar-refractivity contribution in [3.63, 3.8) is 0 Å². The van der Waals surface area contributed by atoms with Crippen LogP contribution in [0.1, 0.15) is 32.1 Å². The van der Waals surface area contributed by atoms with Gasteiger partial charge in [-0.25, -0.2) is 5.84 Å². The first-order valence-corrected chi connectivity index (χ1v) is 6.70. The average molecular weight is 255 g/mol. The zero-order chi connectivity index (χ0) is 12.8. The topological polar surface area (TPSA) is 58.4 Å². The van der Waals surface area contributed by atoms with Crippen LogP contribution in [-0.4, -0.2) is 22.9 Å². The molecular weight excluding hydrogens is 234 g/mol. The van der Waals surface area contributed by atoms with Crippen molar-refractivity contribution in [1.82, 2.24) is 10.3 Å². The highest BCUT2D eigenvalue weighted by Gasteiger charge is 2.20. The highest BCUT2D eigenvalue weighted by atomic mass is 32.1. The molecule has 0 saturated heterocycles. The number of carbonyl (C=O) groups is 1. The van der Waals surface area contributed by atoms with Crippen molar-refractivity contribution in [3.8, 4) is 0 Å². The summed E-state index contributed by atoms with van der Waals surface area (Å²) in [6.45, 7) is 7.23. The smallest absolute Gasteiger partial charge is 0.235 e. The summed E-state index contributed by atoms with van der Waals surface area (Å²) in [4.78, 5) is 14.9. The number of thiophene rings is 1. The van der Waals surface area contributed by atoms with Crippen molar-refractivity contribution in [3.05, 3.63) is 22.4 Å². The fourth-order valence-electron chi connectivity index (χ4n) is 1.87. The van der Waals surface area contributed by atoms with Crippen LogP contribution in [0, 0.1) is 0 Å². The van der Waals surface area contributed by atoms with Gasteiger partial charge < -0.3 is 0 Å². The number of nitrogens with two attached hydrogens (primary N) is 1. The van der Waals surface area contributed by atoms with E-state index in [9.17, 15) is 4.79 Å². The molecule has 0 radical (unpaired) electrons. The quantitative estimate of drug-likeness (QED) is 0.462. The van der Waals surface area contributed by atoms with E-state index in [1.54, 1.807) is 11.3 Å². The second kappa shape index (κ2) is 6.74. The lowest BCUT2D eigenvalue weighted by molar-refractivity contribution is -0.122. The van der Waals surface area contributed by atoms with Crippen LogP contribution in [0.3, 0.4) is 0 Å². The maximum absolute atomic E-state index is 11.3. The number of nitrogens with one attached hydrogen (secondary N) is 1. The van der Waals surface area contributed by atoms with Crippen LogP contribution in [0.15, 0.2) is 17.5 Å². The van der Waals surface area contributed by atoms with Gasteiger partial charge in [-0.05, 0) is 32.2 Å². The summed E-state index contributed by atoms with van der Waals surface area (Å²) in [6, 6.07) is 4.75. The van der Waals surface area contributed by atoms with Crippen molar-refractivity contribution in [2.24, 2.45) is 5.84 Å². The largest absolute Gasteiger partial charge is 0.294 e. The van der Waals surface area contributed by atoms with Crippen LogP contribution in [-0.2, 0) is 11.3 Å². The summed E-state index contributed by atoms with van der Waals surface area (Å²) in [7, 11) is 0. The first kappa shape index (κ1) is 14.2. The Morgan fingerprint density at radius 3 is 2.71 bits per heavy atom. The average Bonchev–Trinajstić information content (AvgIpc) is 2.77. The van der Waals surface area contributed by atoms with Gasteiger partial charge >= 0.3 is 0 Å². The van der Waals surface area contributed by atoms with Gasteiger partial charge in [-0.1, -0.05) is 6.07 Å². The first-order valence-electron chi connectivity index (χ1n) is 5.82. The van der Waals surface area contributed by atoms with E-state index in [1.807, 2.05) is 0 Å². The Bertz CT molecular complexity index is 338. The fourth-order valence-corrected chi connectivity index (χ4v) is 2.59. The van der Waals surface area contributed by atoms with Gasteiger partial charge in [0.1, 0.15) is 0 Å². The predicted octanol–water partition coefficient (Wildman–Crippen LogP) is 1.73. The molecule has 96 valence electrons. The zero-order valence-electron chi connectivity index (χ0n) is 10.6. The van der Waals surface area contributed by atoms with Crippen molar-refractivity contribution >= 4 is 17.2 Å². The molecule has 0 spiro atoms. The van der Waals surface area contributed by atoms with Crippen LogP contribution in [0.4, 0.5) is 0 Å².